The van der Waals surface area contributed by atoms with Crippen LogP contribution in [0, 0.1) is 6.92 Å². The van der Waals surface area contributed by atoms with E-state index in [0.29, 0.717) is 47.6 Å². The Hall–Kier alpha value is -4.45. The molecule has 2 aromatic heterocycles. The minimum absolute atomic E-state index is 0.0197. The first kappa shape index (κ1) is 33.9. The van der Waals surface area contributed by atoms with E-state index in [9.17, 15) is 9.59 Å². The van der Waals surface area contributed by atoms with Gasteiger partial charge in [-0.1, -0.05) is 6.92 Å². The molecule has 5 rings (SSSR count). The fourth-order valence-corrected chi connectivity index (χ4v) is 6.50. The van der Waals surface area contributed by atoms with Gasteiger partial charge in [0.05, 0.1) is 35.3 Å². The molecule has 2 atom stereocenters. The Morgan fingerprint density at radius 3 is 2.38 bits per heavy atom. The van der Waals surface area contributed by atoms with Crippen molar-refractivity contribution in [3.63, 3.8) is 0 Å². The van der Waals surface area contributed by atoms with E-state index in [4.69, 9.17) is 28.9 Å². The quantitative estimate of drug-likeness (QED) is 0.165. The molecule has 1 amide bonds. The second kappa shape index (κ2) is 13.3. The van der Waals surface area contributed by atoms with Crippen LogP contribution in [0.5, 0.6) is 5.75 Å². The lowest BCUT2D eigenvalue weighted by Gasteiger charge is -2.45. The Morgan fingerprint density at radius 2 is 1.77 bits per heavy atom. The van der Waals surface area contributed by atoms with Crippen LogP contribution in [0.1, 0.15) is 70.1 Å². The third-order valence-corrected chi connectivity index (χ3v) is 8.29. The summed E-state index contributed by atoms with van der Waals surface area (Å²) in [6.45, 7) is 16.9. The Labute approximate surface area is 275 Å². The smallest absolute Gasteiger partial charge is 0.410 e. The molecular weight excluding hydrogens is 600 g/mol. The number of rotatable bonds is 8. The zero-order valence-corrected chi connectivity index (χ0v) is 29.1. The van der Waals surface area contributed by atoms with E-state index >= 15 is 0 Å². The predicted molar refractivity (Wildman–Crippen MR) is 181 cm³/mol. The van der Waals surface area contributed by atoms with Gasteiger partial charge in [0.1, 0.15) is 11.4 Å². The van der Waals surface area contributed by atoms with E-state index in [1.807, 2.05) is 77.9 Å². The molecular formula is C35H46N6O6. The van der Waals surface area contributed by atoms with Gasteiger partial charge in [0.15, 0.2) is 18.3 Å². The first-order valence-electron chi connectivity index (χ1n) is 16.1. The molecule has 12 heteroatoms. The average molecular weight is 647 g/mol. The van der Waals surface area contributed by atoms with Crippen molar-refractivity contribution < 1.29 is 28.5 Å². The normalized spacial score (nSPS) is 17.0. The van der Waals surface area contributed by atoms with Crippen LogP contribution >= 0.6 is 0 Å². The van der Waals surface area contributed by atoms with Gasteiger partial charge in [0, 0.05) is 55.5 Å². The molecule has 4 aromatic rings. The van der Waals surface area contributed by atoms with Crippen molar-refractivity contribution in [2.75, 3.05) is 38.5 Å². The molecule has 0 spiro atoms. The van der Waals surface area contributed by atoms with Crippen molar-refractivity contribution in [2.24, 2.45) is 7.05 Å². The lowest BCUT2D eigenvalue weighted by Crippen LogP contribution is -2.59. The zero-order chi connectivity index (χ0) is 34.2. The van der Waals surface area contributed by atoms with Crippen molar-refractivity contribution in [3.05, 3.63) is 41.2 Å². The number of benzene rings is 2. The molecule has 0 bridgehead atoms. The van der Waals surface area contributed by atoms with Crippen LogP contribution in [0.3, 0.4) is 0 Å². The second-order valence-electron chi connectivity index (χ2n) is 13.1. The van der Waals surface area contributed by atoms with Gasteiger partial charge in [-0.15, -0.1) is 0 Å². The predicted octanol–water partition coefficient (Wildman–Crippen LogP) is 6.05. The van der Waals surface area contributed by atoms with E-state index < -0.39 is 11.6 Å². The first-order chi connectivity index (χ1) is 22.3. The molecule has 0 saturated carbocycles. The number of esters is 1. The van der Waals surface area contributed by atoms with Gasteiger partial charge in [-0.3, -0.25) is 9.58 Å². The maximum absolute atomic E-state index is 13.6. The van der Waals surface area contributed by atoms with Crippen molar-refractivity contribution >= 4 is 39.6 Å². The van der Waals surface area contributed by atoms with Crippen molar-refractivity contribution in [3.8, 4) is 17.1 Å². The number of hydrogen-bond acceptors (Lipinski definition) is 10. The lowest BCUT2D eigenvalue weighted by molar-refractivity contribution is 0.00562. The molecule has 1 fully saturated rings. The summed E-state index contributed by atoms with van der Waals surface area (Å²) in [5.74, 6) is 0.344. The van der Waals surface area contributed by atoms with E-state index in [2.05, 4.69) is 16.9 Å². The molecule has 2 aromatic carbocycles. The van der Waals surface area contributed by atoms with E-state index in [1.165, 1.54) is 0 Å². The van der Waals surface area contributed by atoms with Gasteiger partial charge in [-0.05, 0) is 78.6 Å². The Morgan fingerprint density at radius 1 is 1.06 bits per heavy atom. The van der Waals surface area contributed by atoms with Gasteiger partial charge in [0.2, 0.25) is 0 Å². The molecule has 1 aliphatic rings. The van der Waals surface area contributed by atoms with E-state index in [-0.39, 0.29) is 37.3 Å². The van der Waals surface area contributed by atoms with Gasteiger partial charge >= 0.3 is 12.1 Å². The fraction of sp³-hybridized carbons (Fsp3) is 0.514. The number of methoxy groups -OCH3 is 1. The Balaban J connectivity index is 1.64. The minimum Gasteiger partial charge on any atom is -0.466 e. The molecule has 47 heavy (non-hydrogen) atoms. The topological polar surface area (TPSA) is 121 Å². The van der Waals surface area contributed by atoms with E-state index in [0.717, 1.165) is 27.7 Å². The number of aromatic nitrogens is 4. The maximum Gasteiger partial charge on any atom is 0.410 e. The SMILES string of the molecule is CCOC(=O)c1nc(-c2cc3cn(C)nc3c(C)c2OCOC)nc2ccc(N3C[C@@H](C)N(C(=O)OC(C)(C)C)[C@H](C)C3)c(CC)c12. The monoisotopic (exact) mass is 646 g/mol. The van der Waals surface area contributed by atoms with Gasteiger partial charge in [-0.2, -0.15) is 5.10 Å². The van der Waals surface area contributed by atoms with E-state index in [1.54, 1.807) is 18.7 Å². The number of carbonyl (C=O) groups is 2. The summed E-state index contributed by atoms with van der Waals surface area (Å²) in [5, 5.41) is 6.15. The van der Waals surface area contributed by atoms with Crippen molar-refractivity contribution in [1.82, 2.24) is 24.6 Å². The third-order valence-electron chi connectivity index (χ3n) is 8.29. The number of ether oxygens (including phenoxy) is 4. The van der Waals surface area contributed by atoms with Crippen LogP contribution in [-0.2, 0) is 27.7 Å². The van der Waals surface area contributed by atoms with Crippen LogP contribution in [0.15, 0.2) is 24.4 Å². The zero-order valence-electron chi connectivity index (χ0n) is 29.1. The highest BCUT2D eigenvalue weighted by molar-refractivity contribution is 6.05. The van der Waals surface area contributed by atoms with Crippen LogP contribution in [0.25, 0.3) is 33.2 Å². The molecule has 0 radical (unpaired) electrons. The fourth-order valence-electron chi connectivity index (χ4n) is 6.50. The number of carbonyl (C=O) groups excluding carboxylic acids is 2. The molecule has 1 saturated heterocycles. The number of fused-ring (bicyclic) bond motifs is 2. The summed E-state index contributed by atoms with van der Waals surface area (Å²) in [4.78, 5) is 40.7. The van der Waals surface area contributed by atoms with Crippen LogP contribution in [0.4, 0.5) is 10.5 Å². The summed E-state index contributed by atoms with van der Waals surface area (Å²) >= 11 is 0. The summed E-state index contributed by atoms with van der Waals surface area (Å²) in [5.41, 5.74) is 4.38. The maximum atomic E-state index is 13.6. The highest BCUT2D eigenvalue weighted by atomic mass is 16.7. The highest BCUT2D eigenvalue weighted by Crippen LogP contribution is 2.39. The lowest BCUT2D eigenvalue weighted by atomic mass is 9.98. The standard InChI is InChI=1S/C35H46N6O6/c1-11-24-27(40-16-20(3)41(21(4)17-40)34(43)47-35(6,7)8)14-13-26-28(24)30(33(42)45-12-2)37-32(36-26)25-15-23-18-39(9)38-29(23)22(5)31(25)46-19-44-10/h13-15,18,20-21H,11-12,16-17,19H2,1-10H3/t20-,21-/m1/s1. The number of anilines is 1. The largest absolute Gasteiger partial charge is 0.466 e. The van der Waals surface area contributed by atoms with Crippen LogP contribution in [0.2, 0.25) is 0 Å². The molecule has 0 aliphatic carbocycles. The average Bonchev–Trinajstić information content (AvgIpc) is 3.38. The number of hydrogen-bond donors (Lipinski definition) is 0. The summed E-state index contributed by atoms with van der Waals surface area (Å²) in [6, 6.07) is 5.70. The summed E-state index contributed by atoms with van der Waals surface area (Å²) in [7, 11) is 3.42. The van der Waals surface area contributed by atoms with Gasteiger partial charge < -0.3 is 23.8 Å². The summed E-state index contributed by atoms with van der Waals surface area (Å²) in [6.07, 6.45) is 2.23. The summed E-state index contributed by atoms with van der Waals surface area (Å²) < 4.78 is 24.3. The first-order valence-corrected chi connectivity index (χ1v) is 16.1. The third kappa shape index (κ3) is 6.69. The van der Waals surface area contributed by atoms with Crippen molar-refractivity contribution in [2.45, 2.75) is 79.5 Å². The Bertz CT molecular complexity index is 1800. The van der Waals surface area contributed by atoms with Crippen molar-refractivity contribution in [1.29, 1.82) is 0 Å². The molecule has 252 valence electrons. The molecule has 0 N–H and O–H groups in total. The van der Waals surface area contributed by atoms with Crippen LogP contribution < -0.4 is 9.64 Å². The molecule has 12 nitrogen and oxygen atoms in total. The van der Waals surface area contributed by atoms with Crippen LogP contribution in [-0.4, -0.2) is 88.0 Å². The number of piperazine rings is 1. The van der Waals surface area contributed by atoms with Gasteiger partial charge in [-0.25, -0.2) is 19.6 Å². The highest BCUT2D eigenvalue weighted by Gasteiger charge is 2.36. The molecule has 1 aliphatic heterocycles. The molecule has 3 heterocycles. The minimum atomic E-state index is -0.581. The number of aryl methyl sites for hydroxylation is 3. The molecule has 0 unspecified atom stereocenters. The number of nitrogens with zero attached hydrogens (tertiary/aromatic N) is 6. The number of amides is 1. The van der Waals surface area contributed by atoms with Gasteiger partial charge in [0.25, 0.3) is 0 Å². The second-order valence-corrected chi connectivity index (χ2v) is 13.1. The Kier molecular flexibility index (Phi) is 9.63.